The Morgan fingerprint density at radius 2 is 1.50 bits per heavy atom. The molecule has 106 valence electrons. The minimum atomic E-state index is -5.08. The molecule has 0 amide bonds. The molecule has 0 atom stereocenters. The Bertz CT molecular complexity index is 631. The molecule has 0 aromatic heterocycles. The van der Waals surface area contributed by atoms with Crippen molar-refractivity contribution in [2.24, 2.45) is 0 Å². The molecule has 0 saturated heterocycles. The summed E-state index contributed by atoms with van der Waals surface area (Å²) in [6.07, 6.45) is 0. The third kappa shape index (κ3) is 3.28. The monoisotopic (exact) mass is 290 g/mol. The molecule has 0 aliphatic carbocycles. The van der Waals surface area contributed by atoms with Gasteiger partial charge in [-0.3, -0.25) is 0 Å². The van der Waals surface area contributed by atoms with Gasteiger partial charge in [-0.15, -0.1) is 0 Å². The minimum absolute atomic E-state index is 0.0784. The van der Waals surface area contributed by atoms with Gasteiger partial charge in [0.1, 0.15) is 13.6 Å². The molecule has 0 heterocycles. The quantitative estimate of drug-likeness (QED) is 0.809. The summed E-state index contributed by atoms with van der Waals surface area (Å²) in [6.45, 7) is 3.90. The van der Waals surface area contributed by atoms with Crippen molar-refractivity contribution in [3.8, 4) is 5.75 Å². The van der Waals surface area contributed by atoms with E-state index in [1.807, 2.05) is 44.2 Å². The number of phosphoric ester groups is 1. The number of benzene rings is 2. The van der Waals surface area contributed by atoms with E-state index in [9.17, 15) is 14.4 Å². The Hall–Kier alpha value is -1.61. The summed E-state index contributed by atoms with van der Waals surface area (Å²) in [5, 5.41) is 0. The highest BCUT2D eigenvalue weighted by Gasteiger charge is 2.26. The van der Waals surface area contributed by atoms with Crippen LogP contribution in [0.1, 0.15) is 25.0 Å². The van der Waals surface area contributed by atoms with Crippen molar-refractivity contribution >= 4 is 7.82 Å². The third-order valence-electron chi connectivity index (χ3n) is 3.27. The van der Waals surface area contributed by atoms with Crippen molar-refractivity contribution < 1.29 is 18.9 Å². The van der Waals surface area contributed by atoms with Crippen molar-refractivity contribution in [1.29, 1.82) is 0 Å². The molecule has 0 aliphatic rings. The Morgan fingerprint density at radius 1 is 0.950 bits per heavy atom. The van der Waals surface area contributed by atoms with E-state index >= 15 is 0 Å². The highest BCUT2D eigenvalue weighted by atomic mass is 31.2. The van der Waals surface area contributed by atoms with Gasteiger partial charge < -0.3 is 18.9 Å². The van der Waals surface area contributed by atoms with Crippen LogP contribution in [0.3, 0.4) is 0 Å². The highest BCUT2D eigenvalue weighted by molar-refractivity contribution is 7.43. The van der Waals surface area contributed by atoms with Gasteiger partial charge in [0.2, 0.25) is 0 Å². The predicted octanol–water partition coefficient (Wildman–Crippen LogP) is 2.22. The molecule has 5 heteroatoms. The van der Waals surface area contributed by atoms with Crippen molar-refractivity contribution in [3.05, 3.63) is 65.7 Å². The summed E-state index contributed by atoms with van der Waals surface area (Å²) in [7, 11) is -5.08. The molecule has 0 bridgehead atoms. The SMILES string of the molecule is CC(C)(c1ccccc1)c1ccccc1OP(=O)([O-])[O-]. The lowest BCUT2D eigenvalue weighted by Gasteiger charge is -2.34. The Kier molecular flexibility index (Phi) is 4.00. The van der Waals surface area contributed by atoms with E-state index in [-0.39, 0.29) is 5.75 Å². The fourth-order valence-corrected chi connectivity index (χ4v) is 2.59. The molecule has 0 fully saturated rings. The zero-order valence-electron chi connectivity index (χ0n) is 11.3. The van der Waals surface area contributed by atoms with Crippen LogP contribution in [-0.2, 0) is 9.98 Å². The van der Waals surface area contributed by atoms with Crippen molar-refractivity contribution in [2.75, 3.05) is 0 Å². The van der Waals surface area contributed by atoms with Gasteiger partial charge in [-0.25, -0.2) is 0 Å². The molecular formula is C15H15O4P-2. The van der Waals surface area contributed by atoms with Crippen LogP contribution in [0.15, 0.2) is 54.6 Å². The van der Waals surface area contributed by atoms with Gasteiger partial charge in [0.15, 0.2) is 0 Å². The van der Waals surface area contributed by atoms with Crippen LogP contribution in [0.25, 0.3) is 0 Å². The smallest absolute Gasteiger partial charge is 0.128 e. The van der Waals surface area contributed by atoms with Crippen molar-refractivity contribution in [3.63, 3.8) is 0 Å². The van der Waals surface area contributed by atoms with Crippen LogP contribution in [-0.4, -0.2) is 0 Å². The van der Waals surface area contributed by atoms with E-state index in [0.717, 1.165) is 5.56 Å². The van der Waals surface area contributed by atoms with Crippen LogP contribution in [0.4, 0.5) is 0 Å². The van der Waals surface area contributed by atoms with E-state index in [2.05, 4.69) is 4.52 Å². The normalized spacial score (nSPS) is 12.2. The third-order valence-corrected chi connectivity index (χ3v) is 3.69. The number of rotatable bonds is 4. The summed E-state index contributed by atoms with van der Waals surface area (Å²) in [5.74, 6) is 0.0784. The molecule has 0 spiro atoms. The second-order valence-electron chi connectivity index (χ2n) is 5.03. The van der Waals surface area contributed by atoms with Gasteiger partial charge in [-0.1, -0.05) is 62.4 Å². The summed E-state index contributed by atoms with van der Waals surface area (Å²) in [6, 6.07) is 16.3. The molecule has 0 N–H and O–H groups in total. The maximum Gasteiger partial charge on any atom is 0.128 e. The van der Waals surface area contributed by atoms with Gasteiger partial charge in [-0.05, 0) is 11.6 Å². The molecule has 4 nitrogen and oxygen atoms in total. The Labute approximate surface area is 118 Å². The van der Waals surface area contributed by atoms with E-state index in [1.54, 1.807) is 18.2 Å². The average molecular weight is 290 g/mol. The molecule has 2 aromatic carbocycles. The van der Waals surface area contributed by atoms with Gasteiger partial charge in [0.05, 0.1) is 0 Å². The van der Waals surface area contributed by atoms with Gasteiger partial charge in [0, 0.05) is 11.0 Å². The molecule has 2 aromatic rings. The van der Waals surface area contributed by atoms with Crippen LogP contribution >= 0.6 is 7.82 Å². The zero-order valence-corrected chi connectivity index (χ0v) is 12.2. The van der Waals surface area contributed by atoms with E-state index in [1.165, 1.54) is 6.07 Å². The Morgan fingerprint density at radius 3 is 2.10 bits per heavy atom. The van der Waals surface area contributed by atoms with Crippen LogP contribution in [0, 0.1) is 0 Å². The molecular weight excluding hydrogens is 275 g/mol. The van der Waals surface area contributed by atoms with E-state index in [0.29, 0.717) is 5.56 Å². The summed E-state index contributed by atoms with van der Waals surface area (Å²) in [5.41, 5.74) is 1.17. The first-order chi connectivity index (χ1) is 9.31. The topological polar surface area (TPSA) is 72.4 Å². The zero-order chi connectivity index (χ0) is 14.8. The maximum atomic E-state index is 10.9. The average Bonchev–Trinajstić information content (AvgIpc) is 2.38. The van der Waals surface area contributed by atoms with E-state index < -0.39 is 13.2 Å². The van der Waals surface area contributed by atoms with Gasteiger partial charge >= 0.3 is 0 Å². The second kappa shape index (κ2) is 5.41. The Balaban J connectivity index is 2.50. The molecule has 0 unspecified atom stereocenters. The molecule has 0 radical (unpaired) electrons. The number of hydrogen-bond donors (Lipinski definition) is 0. The number of hydrogen-bond acceptors (Lipinski definition) is 4. The van der Waals surface area contributed by atoms with Crippen LogP contribution in [0.2, 0.25) is 0 Å². The highest BCUT2D eigenvalue weighted by Crippen LogP contribution is 2.40. The van der Waals surface area contributed by atoms with Crippen molar-refractivity contribution in [2.45, 2.75) is 19.3 Å². The van der Waals surface area contributed by atoms with Crippen LogP contribution < -0.4 is 14.3 Å². The first-order valence-electron chi connectivity index (χ1n) is 6.17. The molecule has 2 rings (SSSR count). The lowest BCUT2D eigenvalue weighted by atomic mass is 9.78. The molecule has 0 saturated carbocycles. The molecule has 0 aliphatic heterocycles. The maximum absolute atomic E-state index is 10.9. The van der Waals surface area contributed by atoms with Crippen molar-refractivity contribution in [1.82, 2.24) is 0 Å². The van der Waals surface area contributed by atoms with Crippen LogP contribution in [0.5, 0.6) is 5.75 Å². The van der Waals surface area contributed by atoms with E-state index in [4.69, 9.17) is 0 Å². The first-order valence-corrected chi connectivity index (χ1v) is 7.63. The summed E-state index contributed by atoms with van der Waals surface area (Å²) >= 11 is 0. The fourth-order valence-electron chi connectivity index (χ4n) is 2.19. The summed E-state index contributed by atoms with van der Waals surface area (Å²) in [4.78, 5) is 21.7. The first kappa shape index (κ1) is 14.8. The number of para-hydroxylation sites is 1. The summed E-state index contributed by atoms with van der Waals surface area (Å²) < 4.78 is 15.5. The standard InChI is InChI=1S/C15H17O4P/c1-15(2,12-8-4-3-5-9-12)13-10-6-7-11-14(13)19-20(16,17)18/h3-11H,1-2H3,(H2,16,17,18)/p-2. The lowest BCUT2D eigenvalue weighted by molar-refractivity contribution is -0.333. The van der Waals surface area contributed by atoms with Gasteiger partial charge in [0.25, 0.3) is 0 Å². The number of phosphoric acid groups is 1. The minimum Gasteiger partial charge on any atom is -0.780 e. The predicted molar refractivity (Wildman–Crippen MR) is 73.2 cm³/mol. The largest absolute Gasteiger partial charge is 0.780 e. The van der Waals surface area contributed by atoms with Gasteiger partial charge in [-0.2, -0.15) is 0 Å². The second-order valence-corrected chi connectivity index (χ2v) is 6.10. The lowest BCUT2D eigenvalue weighted by Crippen LogP contribution is -2.23. The molecule has 20 heavy (non-hydrogen) atoms. The fraction of sp³-hybridized carbons (Fsp3) is 0.200.